The second kappa shape index (κ2) is 7.74. The highest BCUT2D eigenvalue weighted by Gasteiger charge is 2.21. The molecule has 0 N–H and O–H groups in total. The van der Waals surface area contributed by atoms with E-state index in [4.69, 9.17) is 11.6 Å². The summed E-state index contributed by atoms with van der Waals surface area (Å²) in [5.41, 5.74) is 0.487. The number of esters is 1. The smallest absolute Gasteiger partial charge is 0.305 e. The molecule has 0 aliphatic rings. The van der Waals surface area contributed by atoms with E-state index in [0.29, 0.717) is 23.4 Å². The van der Waals surface area contributed by atoms with Gasteiger partial charge in [-0.25, -0.2) is 0 Å². The Kier molecular flexibility index (Phi) is 6.30. The molecule has 0 amide bonds. The summed E-state index contributed by atoms with van der Waals surface area (Å²) in [6.45, 7) is 3.64. The van der Waals surface area contributed by atoms with Crippen LogP contribution in [0.1, 0.15) is 29.6 Å². The summed E-state index contributed by atoms with van der Waals surface area (Å²) in [5, 5.41) is 0.430. The first-order valence-corrected chi connectivity index (χ1v) is 6.44. The number of ketones is 1. The maximum Gasteiger partial charge on any atom is 0.305 e. The highest BCUT2D eigenvalue weighted by molar-refractivity contribution is 6.34. The van der Waals surface area contributed by atoms with E-state index in [1.807, 2.05) is 0 Å². The normalized spacial score (nSPS) is 11.7. The van der Waals surface area contributed by atoms with Crippen LogP contribution in [0.5, 0.6) is 0 Å². The molecule has 1 atom stereocenters. The fourth-order valence-corrected chi connectivity index (χ4v) is 2.06. The maximum absolute atomic E-state index is 12.4. The molecule has 0 saturated carbocycles. The van der Waals surface area contributed by atoms with Gasteiger partial charge >= 0.3 is 5.97 Å². The van der Waals surface area contributed by atoms with Crippen LogP contribution in [0.15, 0.2) is 36.9 Å². The van der Waals surface area contributed by atoms with E-state index in [1.165, 1.54) is 7.11 Å². The average Bonchev–Trinajstić information content (AvgIpc) is 2.42. The summed E-state index contributed by atoms with van der Waals surface area (Å²) in [7, 11) is 1.33. The lowest BCUT2D eigenvalue weighted by Gasteiger charge is -2.14. The molecule has 0 heterocycles. The van der Waals surface area contributed by atoms with Crippen LogP contribution in [0.2, 0.25) is 5.02 Å². The predicted molar refractivity (Wildman–Crippen MR) is 75.3 cm³/mol. The Labute approximate surface area is 118 Å². The molecule has 19 heavy (non-hydrogen) atoms. The topological polar surface area (TPSA) is 43.4 Å². The second-order valence-corrected chi connectivity index (χ2v) is 4.59. The molecule has 3 nitrogen and oxygen atoms in total. The number of halogens is 1. The van der Waals surface area contributed by atoms with Gasteiger partial charge in [-0.2, -0.15) is 0 Å². The van der Waals surface area contributed by atoms with E-state index in [2.05, 4.69) is 11.3 Å². The van der Waals surface area contributed by atoms with E-state index in [-0.39, 0.29) is 24.1 Å². The number of benzene rings is 1. The van der Waals surface area contributed by atoms with Crippen LogP contribution in [0.25, 0.3) is 0 Å². The summed E-state index contributed by atoms with van der Waals surface area (Å²) >= 11 is 6.02. The van der Waals surface area contributed by atoms with Crippen molar-refractivity contribution in [2.75, 3.05) is 7.11 Å². The third-order valence-corrected chi connectivity index (χ3v) is 3.22. The van der Waals surface area contributed by atoms with Gasteiger partial charge in [-0.3, -0.25) is 9.59 Å². The quantitative estimate of drug-likeness (QED) is 0.435. The molecule has 0 fully saturated rings. The average molecular weight is 281 g/mol. The number of carbonyl (C=O) groups excluding carboxylic acids is 2. The number of ether oxygens (including phenoxy) is 1. The second-order valence-electron chi connectivity index (χ2n) is 4.18. The molecule has 4 heteroatoms. The zero-order valence-electron chi connectivity index (χ0n) is 10.9. The van der Waals surface area contributed by atoms with Crippen LogP contribution >= 0.6 is 11.6 Å². The van der Waals surface area contributed by atoms with Gasteiger partial charge in [0.05, 0.1) is 12.1 Å². The fourth-order valence-electron chi connectivity index (χ4n) is 1.83. The van der Waals surface area contributed by atoms with Gasteiger partial charge < -0.3 is 4.74 Å². The number of hydrogen-bond acceptors (Lipinski definition) is 3. The van der Waals surface area contributed by atoms with Crippen molar-refractivity contribution in [1.29, 1.82) is 0 Å². The number of allylic oxidation sites excluding steroid dienone is 1. The van der Waals surface area contributed by atoms with Gasteiger partial charge in [-0.05, 0) is 25.0 Å². The van der Waals surface area contributed by atoms with Gasteiger partial charge in [0, 0.05) is 17.9 Å². The van der Waals surface area contributed by atoms with E-state index in [1.54, 1.807) is 30.3 Å². The van der Waals surface area contributed by atoms with Crippen LogP contribution in [-0.2, 0) is 9.53 Å². The van der Waals surface area contributed by atoms with Gasteiger partial charge in [0.2, 0.25) is 0 Å². The molecule has 0 aliphatic heterocycles. The van der Waals surface area contributed by atoms with E-state index in [0.717, 1.165) is 0 Å². The van der Waals surface area contributed by atoms with E-state index < -0.39 is 0 Å². The van der Waals surface area contributed by atoms with Crippen molar-refractivity contribution in [3.05, 3.63) is 47.5 Å². The molecule has 0 radical (unpaired) electrons. The van der Waals surface area contributed by atoms with Crippen molar-refractivity contribution in [3.63, 3.8) is 0 Å². The van der Waals surface area contributed by atoms with Crippen molar-refractivity contribution in [3.8, 4) is 0 Å². The fraction of sp³-hybridized carbons (Fsp3) is 0.333. The Bertz CT molecular complexity index is 468. The number of rotatable bonds is 7. The van der Waals surface area contributed by atoms with E-state index >= 15 is 0 Å². The molecule has 1 unspecified atom stereocenters. The van der Waals surface area contributed by atoms with Gasteiger partial charge in [0.25, 0.3) is 0 Å². The van der Waals surface area contributed by atoms with Gasteiger partial charge in [0.1, 0.15) is 0 Å². The minimum atomic E-state index is -0.318. The molecule has 1 aromatic carbocycles. The molecule has 0 saturated heterocycles. The minimum absolute atomic E-state index is 0.0607. The van der Waals surface area contributed by atoms with Crippen LogP contribution in [0.4, 0.5) is 0 Å². The van der Waals surface area contributed by atoms with Gasteiger partial charge in [0.15, 0.2) is 5.78 Å². The first kappa shape index (κ1) is 15.4. The first-order valence-electron chi connectivity index (χ1n) is 6.06. The van der Waals surface area contributed by atoms with Crippen molar-refractivity contribution in [1.82, 2.24) is 0 Å². The molecular weight excluding hydrogens is 264 g/mol. The van der Waals surface area contributed by atoms with Crippen molar-refractivity contribution < 1.29 is 14.3 Å². The first-order chi connectivity index (χ1) is 9.10. The molecule has 0 aromatic heterocycles. The predicted octanol–water partition coefficient (Wildman–Crippen LogP) is 3.67. The molecule has 0 bridgehead atoms. The Morgan fingerprint density at radius 2 is 2.11 bits per heavy atom. The minimum Gasteiger partial charge on any atom is -0.469 e. The monoisotopic (exact) mass is 280 g/mol. The SMILES string of the molecule is C=CCC(CCC(=O)OC)C(=O)c1ccccc1Cl. The molecule has 1 aromatic rings. The molecular formula is C15H17ClO3. The van der Waals surface area contributed by atoms with Crippen LogP contribution in [0, 0.1) is 5.92 Å². The van der Waals surface area contributed by atoms with Crippen LogP contribution in [-0.4, -0.2) is 18.9 Å². The Morgan fingerprint density at radius 3 is 2.68 bits per heavy atom. The number of Topliss-reactive ketones (excluding diaryl/α,β-unsaturated/α-hetero) is 1. The summed E-state index contributed by atoms with van der Waals surface area (Å²) in [6.07, 6.45) is 2.84. The number of carbonyl (C=O) groups is 2. The standard InChI is InChI=1S/C15H17ClO3/c1-3-6-11(9-10-14(17)19-2)15(18)12-7-4-5-8-13(12)16/h3-5,7-8,11H,1,6,9-10H2,2H3. The lowest BCUT2D eigenvalue weighted by Crippen LogP contribution is -2.16. The zero-order chi connectivity index (χ0) is 14.3. The zero-order valence-corrected chi connectivity index (χ0v) is 11.7. The van der Waals surface area contributed by atoms with Gasteiger partial charge in [-0.1, -0.05) is 29.8 Å². The lowest BCUT2D eigenvalue weighted by atomic mass is 9.90. The highest BCUT2D eigenvalue weighted by atomic mass is 35.5. The molecule has 0 spiro atoms. The van der Waals surface area contributed by atoms with Crippen LogP contribution < -0.4 is 0 Å². The largest absolute Gasteiger partial charge is 0.469 e. The van der Waals surface area contributed by atoms with Gasteiger partial charge in [-0.15, -0.1) is 6.58 Å². The van der Waals surface area contributed by atoms with Crippen molar-refractivity contribution >= 4 is 23.4 Å². The summed E-state index contributed by atoms with van der Waals surface area (Å²) in [5.74, 6) is -0.674. The maximum atomic E-state index is 12.4. The Hall–Kier alpha value is -1.61. The summed E-state index contributed by atoms with van der Waals surface area (Å²) < 4.78 is 4.59. The van der Waals surface area contributed by atoms with E-state index in [9.17, 15) is 9.59 Å². The van der Waals surface area contributed by atoms with Crippen molar-refractivity contribution in [2.45, 2.75) is 19.3 Å². The van der Waals surface area contributed by atoms with Crippen LogP contribution in [0.3, 0.4) is 0 Å². The molecule has 1 rings (SSSR count). The van der Waals surface area contributed by atoms with Crippen molar-refractivity contribution in [2.24, 2.45) is 5.92 Å². The summed E-state index contributed by atoms with van der Waals surface area (Å²) in [4.78, 5) is 23.5. The molecule has 102 valence electrons. The highest BCUT2D eigenvalue weighted by Crippen LogP contribution is 2.23. The Balaban J connectivity index is 2.81. The third kappa shape index (κ3) is 4.52. The lowest BCUT2D eigenvalue weighted by molar-refractivity contribution is -0.140. The third-order valence-electron chi connectivity index (χ3n) is 2.89. The molecule has 0 aliphatic carbocycles. The Morgan fingerprint density at radius 1 is 1.42 bits per heavy atom. The number of hydrogen-bond donors (Lipinski definition) is 0. The number of methoxy groups -OCH3 is 1. The summed E-state index contributed by atoms with van der Waals surface area (Å²) in [6, 6.07) is 6.92.